The summed E-state index contributed by atoms with van der Waals surface area (Å²) in [7, 11) is 0. The average molecular weight is 247 g/mol. The highest BCUT2D eigenvalue weighted by Gasteiger charge is 2.17. The van der Waals surface area contributed by atoms with Gasteiger partial charge in [0.1, 0.15) is 0 Å². The van der Waals surface area contributed by atoms with E-state index in [0.29, 0.717) is 22.2 Å². The second kappa shape index (κ2) is 4.46. The van der Waals surface area contributed by atoms with E-state index in [9.17, 15) is 9.30 Å². The van der Waals surface area contributed by atoms with Crippen molar-refractivity contribution in [1.82, 2.24) is 0 Å². The first kappa shape index (κ1) is 10.3. The van der Waals surface area contributed by atoms with Gasteiger partial charge in [-0.05, 0) is 12.1 Å². The van der Waals surface area contributed by atoms with Gasteiger partial charge in [0.2, 0.25) is 0 Å². The van der Waals surface area contributed by atoms with Gasteiger partial charge in [0, 0.05) is 26.6 Å². The van der Waals surface area contributed by atoms with Crippen molar-refractivity contribution in [2.75, 3.05) is 6.54 Å². The molecule has 1 aromatic carbocycles. The first-order valence-corrected chi connectivity index (χ1v) is 4.84. The molecular weight excluding hydrogens is 237 g/mol. The summed E-state index contributed by atoms with van der Waals surface area (Å²) in [5.41, 5.74) is 0.102. The van der Waals surface area contributed by atoms with E-state index in [0.717, 1.165) is 0 Å². The highest BCUT2D eigenvalue weighted by Crippen LogP contribution is 2.21. The lowest BCUT2D eigenvalue weighted by atomic mass is 10.3. The average Bonchev–Trinajstić information content (AvgIpc) is 2.04. The Morgan fingerprint density at radius 2 is 2.23 bits per heavy atom. The summed E-state index contributed by atoms with van der Waals surface area (Å²) < 4.78 is 14.5. The Hall–Kier alpha value is -0.770. The minimum absolute atomic E-state index is 0.102. The van der Waals surface area contributed by atoms with Crippen molar-refractivity contribution in [3.05, 3.63) is 33.4 Å². The molecule has 1 rings (SSSR count). The fourth-order valence-corrected chi connectivity index (χ4v) is 1.34. The quantitative estimate of drug-likeness (QED) is 0.749. The number of halogens is 2. The molecule has 4 heteroatoms. The lowest BCUT2D eigenvalue weighted by Gasteiger charge is -1.94. The van der Waals surface area contributed by atoms with Crippen LogP contribution >= 0.6 is 15.9 Å². The van der Waals surface area contributed by atoms with Crippen molar-refractivity contribution in [3.8, 4) is 0 Å². The van der Waals surface area contributed by atoms with Gasteiger partial charge in [0.15, 0.2) is 12.4 Å². The summed E-state index contributed by atoms with van der Waals surface area (Å²) in [6.45, 7) is 2.19. The molecule has 0 aliphatic carbocycles. The van der Waals surface area contributed by atoms with Crippen LogP contribution in [0.5, 0.6) is 0 Å². The molecule has 13 heavy (non-hydrogen) atoms. The lowest BCUT2D eigenvalue weighted by Crippen LogP contribution is -2.03. The molecule has 0 fully saturated rings. The van der Waals surface area contributed by atoms with Crippen LogP contribution in [0.4, 0.5) is 10.1 Å². The predicted octanol–water partition coefficient (Wildman–Crippen LogP) is 3.41. The Morgan fingerprint density at radius 1 is 1.54 bits per heavy atom. The van der Waals surface area contributed by atoms with Gasteiger partial charge in [-0.15, -0.1) is 0 Å². The zero-order valence-electron chi connectivity index (χ0n) is 7.26. The molecule has 0 atom stereocenters. The van der Waals surface area contributed by atoms with Crippen LogP contribution < -0.4 is 0 Å². The molecule has 0 saturated heterocycles. The Kier molecular flexibility index (Phi) is 3.54. The zero-order chi connectivity index (χ0) is 9.84. The molecule has 0 amide bonds. The molecule has 0 unspecified atom stereocenters. The summed E-state index contributed by atoms with van der Waals surface area (Å²) >= 11 is 3.12. The Morgan fingerprint density at radius 3 is 2.77 bits per heavy atom. The largest absolute Gasteiger partial charge is 0.291 e. The topological polar surface area (TPSA) is 20.1 Å². The van der Waals surface area contributed by atoms with Crippen molar-refractivity contribution in [2.45, 2.75) is 13.3 Å². The molecule has 0 bridgehead atoms. The van der Waals surface area contributed by atoms with E-state index in [1.165, 1.54) is 12.1 Å². The van der Waals surface area contributed by atoms with E-state index in [4.69, 9.17) is 0 Å². The summed E-state index contributed by atoms with van der Waals surface area (Å²) in [5, 5.41) is 0. The Bertz CT molecular complexity index is 327. The van der Waals surface area contributed by atoms with Crippen molar-refractivity contribution < 1.29 is 9.15 Å². The molecule has 0 aliphatic heterocycles. The van der Waals surface area contributed by atoms with Crippen LogP contribution in [-0.2, 0) is 0 Å². The second-order valence-corrected chi connectivity index (χ2v) is 3.61. The third-order valence-electron chi connectivity index (χ3n) is 1.61. The summed E-state index contributed by atoms with van der Waals surface area (Å²) in [4.78, 5) is 11.2. The SMILES string of the molecule is CCC[N+](=O)c1ccc(Br)cc1F. The Labute approximate surface area is 84.5 Å². The highest BCUT2D eigenvalue weighted by atomic mass is 79.9. The maximum absolute atomic E-state index is 13.2. The van der Waals surface area contributed by atoms with Crippen LogP contribution in [0, 0.1) is 10.7 Å². The van der Waals surface area contributed by atoms with Crippen LogP contribution in [0.1, 0.15) is 13.3 Å². The van der Waals surface area contributed by atoms with Crippen molar-refractivity contribution in [3.63, 3.8) is 0 Å². The maximum Gasteiger partial charge on any atom is 0.291 e. The predicted molar refractivity (Wildman–Crippen MR) is 52.5 cm³/mol. The van der Waals surface area contributed by atoms with E-state index in [-0.39, 0.29) is 5.69 Å². The fourth-order valence-electron chi connectivity index (χ4n) is 1.01. The van der Waals surface area contributed by atoms with Crippen molar-refractivity contribution in [1.29, 1.82) is 0 Å². The maximum atomic E-state index is 13.2. The van der Waals surface area contributed by atoms with Crippen molar-refractivity contribution >= 4 is 21.6 Å². The third kappa shape index (κ3) is 2.59. The molecule has 0 N–H and O–H groups in total. The van der Waals surface area contributed by atoms with E-state index in [2.05, 4.69) is 15.9 Å². The number of nitrogens with zero attached hydrogens (tertiary/aromatic N) is 1. The van der Waals surface area contributed by atoms with Crippen LogP contribution in [0.2, 0.25) is 0 Å². The normalized spacial score (nSPS) is 10.1. The third-order valence-corrected chi connectivity index (χ3v) is 2.10. The van der Waals surface area contributed by atoms with Crippen LogP contribution in [-0.4, -0.2) is 11.3 Å². The molecule has 0 radical (unpaired) electrons. The molecule has 0 spiro atoms. The van der Waals surface area contributed by atoms with E-state index in [1.54, 1.807) is 6.07 Å². The van der Waals surface area contributed by atoms with Gasteiger partial charge in [-0.3, -0.25) is 0 Å². The van der Waals surface area contributed by atoms with E-state index < -0.39 is 5.82 Å². The van der Waals surface area contributed by atoms with E-state index in [1.807, 2.05) is 6.92 Å². The zero-order valence-corrected chi connectivity index (χ0v) is 8.84. The Balaban J connectivity index is 2.95. The van der Waals surface area contributed by atoms with Gasteiger partial charge in [0.25, 0.3) is 5.69 Å². The first-order chi connectivity index (χ1) is 6.15. The van der Waals surface area contributed by atoms with Crippen LogP contribution in [0.15, 0.2) is 22.7 Å². The molecular formula is C9H10BrFNO+. The summed E-state index contributed by atoms with van der Waals surface area (Å²) in [6, 6.07) is 4.41. The molecule has 0 heterocycles. The monoisotopic (exact) mass is 246 g/mol. The second-order valence-electron chi connectivity index (χ2n) is 2.70. The molecule has 0 aliphatic rings. The van der Waals surface area contributed by atoms with Gasteiger partial charge in [0.05, 0.1) is 0 Å². The molecule has 0 aromatic heterocycles. The van der Waals surface area contributed by atoms with E-state index >= 15 is 0 Å². The molecule has 0 saturated carbocycles. The van der Waals surface area contributed by atoms with Gasteiger partial charge in [-0.1, -0.05) is 22.9 Å². The number of nitroso groups, excluding NO2 is 1. The van der Waals surface area contributed by atoms with Gasteiger partial charge in [-0.2, -0.15) is 4.39 Å². The van der Waals surface area contributed by atoms with Crippen molar-refractivity contribution in [2.24, 2.45) is 0 Å². The van der Waals surface area contributed by atoms with Crippen LogP contribution in [0.25, 0.3) is 0 Å². The first-order valence-electron chi connectivity index (χ1n) is 4.05. The number of benzene rings is 1. The molecule has 2 nitrogen and oxygen atoms in total. The summed E-state index contributed by atoms with van der Waals surface area (Å²) in [6.07, 6.45) is 0.707. The van der Waals surface area contributed by atoms with Gasteiger partial charge in [-0.25, -0.2) is 0 Å². The molecule has 1 aromatic rings. The van der Waals surface area contributed by atoms with Gasteiger partial charge >= 0.3 is 0 Å². The number of hydrogen-bond donors (Lipinski definition) is 0. The van der Waals surface area contributed by atoms with Crippen LogP contribution in [0.3, 0.4) is 0 Å². The molecule has 70 valence electrons. The minimum Gasteiger partial charge on any atom is -0.199 e. The summed E-state index contributed by atoms with van der Waals surface area (Å²) in [5.74, 6) is -0.488. The highest BCUT2D eigenvalue weighted by molar-refractivity contribution is 9.10. The number of rotatable bonds is 3. The van der Waals surface area contributed by atoms with Gasteiger partial charge < -0.3 is 0 Å². The smallest absolute Gasteiger partial charge is 0.199 e. The standard InChI is InChI=1S/C9H10BrFNO/c1-2-5-12(13)9-4-3-7(10)6-8(9)11/h3-4,6H,2,5H2,1H3/q+1. The number of hydrogen-bond acceptors (Lipinski definition) is 1. The lowest BCUT2D eigenvalue weighted by molar-refractivity contribution is -0.465. The fraction of sp³-hybridized carbons (Fsp3) is 0.333. The minimum atomic E-state index is -0.488.